The third-order valence-electron chi connectivity index (χ3n) is 16.0. The van der Waals surface area contributed by atoms with Gasteiger partial charge in [0.15, 0.2) is 34.7 Å². The summed E-state index contributed by atoms with van der Waals surface area (Å²) >= 11 is 0. The van der Waals surface area contributed by atoms with Crippen LogP contribution in [0.3, 0.4) is 0 Å². The van der Waals surface area contributed by atoms with Crippen molar-refractivity contribution in [2.45, 2.75) is 232 Å². The second-order valence-corrected chi connectivity index (χ2v) is 24.6. The van der Waals surface area contributed by atoms with Gasteiger partial charge in [-0.3, -0.25) is 0 Å². The quantitative estimate of drug-likeness (QED) is 0.186. The summed E-state index contributed by atoms with van der Waals surface area (Å²) in [5.41, 5.74) is 0. The Morgan fingerprint density at radius 3 is 1.00 bits per heavy atom. The van der Waals surface area contributed by atoms with E-state index < -0.39 is 34.7 Å². The number of hydrogen-bond acceptors (Lipinski definition) is 12. The van der Waals surface area contributed by atoms with Gasteiger partial charge in [0, 0.05) is 56.3 Å². The lowest BCUT2D eigenvalue weighted by Gasteiger charge is -2.42. The standard InChI is InChI=1S/3C18H32O4/c1-13(2)7-15-8-19-17(20-9-15)5-6-18(12-17)21-10-16(11-22-18)14(3)4;1-13(2)5-6-16-11-21-18(22-16)8-7-17(12-18)19-9-15(10-20-17)14(3)4;1-13(2)5-6-15-10-19-17(21-15)7-8-18(12-17)20-11-16(22-18)9-14(3)4/h3*13-16H,5-12H2,1-4H3. The van der Waals surface area contributed by atoms with Crippen molar-refractivity contribution in [3.8, 4) is 0 Å². The van der Waals surface area contributed by atoms with Gasteiger partial charge in [0.1, 0.15) is 0 Å². The zero-order valence-corrected chi connectivity index (χ0v) is 43.8. The molecule has 0 aromatic carbocycles. The summed E-state index contributed by atoms with van der Waals surface area (Å²) in [7, 11) is 0. The monoisotopic (exact) mass is 937 g/mol. The highest BCUT2D eigenvalue weighted by atomic mass is 16.8. The first-order valence-corrected chi connectivity index (χ1v) is 27.0. The molecule has 384 valence electrons. The van der Waals surface area contributed by atoms with Crippen molar-refractivity contribution < 1.29 is 56.8 Å². The zero-order valence-electron chi connectivity index (χ0n) is 43.8. The minimum Gasteiger partial charge on any atom is -0.349 e. The Hall–Kier alpha value is -0.480. The highest BCUT2D eigenvalue weighted by molar-refractivity contribution is 4.98. The van der Waals surface area contributed by atoms with E-state index in [1.165, 1.54) is 19.3 Å². The van der Waals surface area contributed by atoms with E-state index >= 15 is 0 Å². The van der Waals surface area contributed by atoms with E-state index in [0.29, 0.717) is 59.9 Å². The minimum absolute atomic E-state index is 0.230. The van der Waals surface area contributed by atoms with Gasteiger partial charge in [-0.05, 0) is 74.0 Å². The summed E-state index contributed by atoms with van der Waals surface area (Å²) in [6.07, 6.45) is 15.0. The van der Waals surface area contributed by atoms with Crippen molar-refractivity contribution in [2.24, 2.45) is 53.3 Å². The van der Waals surface area contributed by atoms with Crippen LogP contribution in [0, 0.1) is 53.3 Å². The Bertz CT molecular complexity index is 1380. The van der Waals surface area contributed by atoms with Gasteiger partial charge < -0.3 is 56.8 Å². The van der Waals surface area contributed by atoms with E-state index in [2.05, 4.69) is 83.1 Å². The topological polar surface area (TPSA) is 111 Å². The van der Waals surface area contributed by atoms with Crippen molar-refractivity contribution in [1.29, 1.82) is 0 Å². The van der Waals surface area contributed by atoms with Crippen LogP contribution in [0.2, 0.25) is 0 Å². The predicted molar refractivity (Wildman–Crippen MR) is 253 cm³/mol. The normalized spacial score (nSPS) is 42.3. The minimum atomic E-state index is -0.462. The molecule has 6 aliphatic heterocycles. The maximum atomic E-state index is 6.28. The lowest BCUT2D eigenvalue weighted by atomic mass is 9.96. The maximum absolute atomic E-state index is 6.28. The van der Waals surface area contributed by atoms with Crippen LogP contribution in [0.25, 0.3) is 0 Å². The van der Waals surface area contributed by atoms with Crippen LogP contribution >= 0.6 is 0 Å². The van der Waals surface area contributed by atoms with Crippen LogP contribution in [0.15, 0.2) is 0 Å². The fourth-order valence-corrected chi connectivity index (χ4v) is 11.5. The molecule has 0 radical (unpaired) electrons. The van der Waals surface area contributed by atoms with Gasteiger partial charge in [-0.15, -0.1) is 0 Å². The zero-order chi connectivity index (χ0) is 47.4. The predicted octanol–water partition coefficient (Wildman–Crippen LogP) is 11.2. The van der Waals surface area contributed by atoms with Crippen molar-refractivity contribution >= 4 is 0 Å². The number of rotatable bonds is 12. The molecule has 6 heterocycles. The molecule has 0 aromatic rings. The molecule has 6 spiro atoms. The second-order valence-electron chi connectivity index (χ2n) is 24.6. The molecular formula is C54H96O12. The van der Waals surface area contributed by atoms with Crippen LogP contribution in [-0.2, 0) is 56.8 Å². The molecule has 6 unspecified atom stereocenters. The smallest absolute Gasteiger partial charge is 0.174 e. The Morgan fingerprint density at radius 1 is 0.333 bits per heavy atom. The van der Waals surface area contributed by atoms with Gasteiger partial charge in [-0.25, -0.2) is 0 Å². The van der Waals surface area contributed by atoms with Crippen molar-refractivity contribution in [2.75, 3.05) is 59.5 Å². The third kappa shape index (κ3) is 13.9. The van der Waals surface area contributed by atoms with Crippen LogP contribution in [-0.4, -0.2) is 112 Å². The molecule has 66 heavy (non-hydrogen) atoms. The Balaban J connectivity index is 0.000000147. The summed E-state index contributed by atoms with van der Waals surface area (Å²) in [6, 6.07) is 0. The first kappa shape index (κ1) is 53.3. The van der Waals surface area contributed by atoms with Gasteiger partial charge in [-0.1, -0.05) is 83.1 Å². The molecule has 3 saturated carbocycles. The summed E-state index contributed by atoms with van der Waals surface area (Å²) in [5.74, 6) is 2.77. The molecule has 9 aliphatic rings. The average Bonchev–Trinajstić information content (AvgIpc) is 4.13. The molecule has 9 rings (SSSR count). The van der Waals surface area contributed by atoms with Crippen molar-refractivity contribution in [1.82, 2.24) is 0 Å². The Morgan fingerprint density at radius 2 is 0.636 bits per heavy atom. The fourth-order valence-electron chi connectivity index (χ4n) is 11.5. The van der Waals surface area contributed by atoms with Gasteiger partial charge in [0.25, 0.3) is 0 Å². The summed E-state index contributed by atoms with van der Waals surface area (Å²) in [4.78, 5) is 0. The molecule has 0 aromatic heterocycles. The fraction of sp³-hybridized carbons (Fsp3) is 1.00. The largest absolute Gasteiger partial charge is 0.349 e. The maximum Gasteiger partial charge on any atom is 0.174 e. The molecule has 3 aliphatic carbocycles. The molecule has 0 bridgehead atoms. The van der Waals surface area contributed by atoms with Gasteiger partial charge in [0.2, 0.25) is 0 Å². The molecule has 6 atom stereocenters. The summed E-state index contributed by atoms with van der Waals surface area (Å²) in [5, 5.41) is 0. The Kier molecular flexibility index (Phi) is 18.2. The van der Waals surface area contributed by atoms with Crippen molar-refractivity contribution in [3.63, 3.8) is 0 Å². The van der Waals surface area contributed by atoms with E-state index in [-0.39, 0.29) is 18.3 Å². The lowest BCUT2D eigenvalue weighted by Crippen LogP contribution is -2.48. The third-order valence-corrected chi connectivity index (χ3v) is 16.0. The van der Waals surface area contributed by atoms with E-state index in [0.717, 1.165) is 130 Å². The molecule has 6 saturated heterocycles. The van der Waals surface area contributed by atoms with E-state index in [4.69, 9.17) is 56.8 Å². The first-order valence-electron chi connectivity index (χ1n) is 27.0. The van der Waals surface area contributed by atoms with E-state index in [1.54, 1.807) is 0 Å². The van der Waals surface area contributed by atoms with Gasteiger partial charge in [-0.2, -0.15) is 0 Å². The summed E-state index contributed by atoms with van der Waals surface area (Å²) < 4.78 is 73.9. The highest BCUT2D eigenvalue weighted by Crippen LogP contribution is 2.52. The highest BCUT2D eigenvalue weighted by Gasteiger charge is 2.59. The molecule has 9 fully saturated rings. The molecule has 12 nitrogen and oxygen atoms in total. The van der Waals surface area contributed by atoms with Gasteiger partial charge in [0.05, 0.1) is 97.0 Å². The van der Waals surface area contributed by atoms with E-state index in [1.807, 2.05) is 0 Å². The Labute approximate surface area is 400 Å². The van der Waals surface area contributed by atoms with Crippen molar-refractivity contribution in [3.05, 3.63) is 0 Å². The number of ether oxygens (including phenoxy) is 12. The lowest BCUT2D eigenvalue weighted by molar-refractivity contribution is -0.324. The van der Waals surface area contributed by atoms with Crippen LogP contribution in [0.4, 0.5) is 0 Å². The molecule has 0 N–H and O–H groups in total. The first-order chi connectivity index (χ1) is 31.2. The van der Waals surface area contributed by atoms with Crippen LogP contribution in [0.1, 0.15) is 179 Å². The molecule has 12 heteroatoms. The van der Waals surface area contributed by atoms with E-state index in [9.17, 15) is 0 Å². The molecule has 0 amide bonds. The number of hydrogen-bond donors (Lipinski definition) is 0. The summed E-state index contributed by atoms with van der Waals surface area (Å²) in [6.45, 7) is 33.9. The van der Waals surface area contributed by atoms with Gasteiger partial charge >= 0.3 is 0 Å². The average molecular weight is 937 g/mol. The SMILES string of the molecule is CC(C)CC1COC2(CCC3(C2)OCC(C(C)C)CO3)OC1.CC(C)CCC1COC2(CCC3(C2)OCC(C(C)C)CO3)O1.CC(C)CCC1COC2(CCC3(C2)OCC(CC(C)C)O3)O1. The van der Waals surface area contributed by atoms with Crippen LogP contribution < -0.4 is 0 Å². The second kappa shape index (κ2) is 22.5. The van der Waals surface area contributed by atoms with Crippen LogP contribution in [0.5, 0.6) is 0 Å². The molecular weight excluding hydrogens is 841 g/mol.